The minimum Gasteiger partial charge on any atom is -0.497 e. The highest BCUT2D eigenvalue weighted by Crippen LogP contribution is 2.24. The lowest BCUT2D eigenvalue weighted by molar-refractivity contribution is -0.143. The van der Waals surface area contributed by atoms with E-state index in [1.807, 2.05) is 0 Å². The first kappa shape index (κ1) is 20.1. The van der Waals surface area contributed by atoms with Crippen LogP contribution in [0.25, 0.3) is 0 Å². The summed E-state index contributed by atoms with van der Waals surface area (Å²) >= 11 is 12.0. The minimum absolute atomic E-state index is 0.00286. The zero-order valence-corrected chi connectivity index (χ0v) is 15.9. The van der Waals surface area contributed by atoms with Crippen molar-refractivity contribution < 1.29 is 19.1 Å². The van der Waals surface area contributed by atoms with Crippen LogP contribution in [-0.2, 0) is 9.53 Å². The monoisotopic (exact) mass is 395 g/mol. The molecular weight excluding hydrogens is 377 g/mol. The summed E-state index contributed by atoms with van der Waals surface area (Å²) in [5.74, 6) is -0.136. The molecule has 0 aliphatic carbocycles. The molecule has 0 spiro atoms. The van der Waals surface area contributed by atoms with E-state index in [-0.39, 0.29) is 23.6 Å². The van der Waals surface area contributed by atoms with Gasteiger partial charge in [0, 0.05) is 5.02 Å². The van der Waals surface area contributed by atoms with E-state index in [0.29, 0.717) is 10.8 Å². The average Bonchev–Trinajstić information content (AvgIpc) is 2.61. The van der Waals surface area contributed by atoms with E-state index in [2.05, 4.69) is 5.32 Å². The van der Waals surface area contributed by atoms with Crippen molar-refractivity contribution in [2.75, 3.05) is 13.7 Å². The number of carbonyl (C=O) groups excluding carboxylic acids is 2. The number of amides is 1. The van der Waals surface area contributed by atoms with Crippen LogP contribution in [-0.4, -0.2) is 25.6 Å². The molecule has 0 aliphatic rings. The van der Waals surface area contributed by atoms with Gasteiger partial charge in [0.1, 0.15) is 5.75 Å². The van der Waals surface area contributed by atoms with Gasteiger partial charge in [0.2, 0.25) is 0 Å². The molecule has 5 nitrogen and oxygen atoms in total. The van der Waals surface area contributed by atoms with Crippen LogP contribution < -0.4 is 10.1 Å². The summed E-state index contributed by atoms with van der Waals surface area (Å²) in [5, 5.41) is 3.50. The number of hydrogen-bond donors (Lipinski definition) is 1. The second kappa shape index (κ2) is 9.46. The number of nitrogens with one attached hydrogen (secondary N) is 1. The number of methoxy groups -OCH3 is 1. The molecule has 0 aromatic heterocycles. The van der Waals surface area contributed by atoms with Crippen molar-refractivity contribution in [2.45, 2.75) is 19.4 Å². The number of carbonyl (C=O) groups is 2. The number of halogens is 2. The van der Waals surface area contributed by atoms with Crippen LogP contribution >= 0.6 is 23.2 Å². The van der Waals surface area contributed by atoms with Gasteiger partial charge in [0.15, 0.2) is 0 Å². The predicted octanol–water partition coefficient (Wildman–Crippen LogP) is 4.43. The smallest absolute Gasteiger partial charge is 0.308 e. The summed E-state index contributed by atoms with van der Waals surface area (Å²) in [4.78, 5) is 24.5. The summed E-state index contributed by atoms with van der Waals surface area (Å²) in [6.45, 7) is 2.00. The summed E-state index contributed by atoms with van der Waals surface area (Å²) < 4.78 is 10.1. The molecule has 2 aromatic rings. The number of rotatable bonds is 7. The van der Waals surface area contributed by atoms with Crippen molar-refractivity contribution in [1.29, 1.82) is 0 Å². The van der Waals surface area contributed by atoms with Gasteiger partial charge in [-0.3, -0.25) is 9.59 Å². The first-order valence-electron chi connectivity index (χ1n) is 8.00. The fraction of sp³-hybridized carbons (Fsp3) is 0.263. The van der Waals surface area contributed by atoms with Crippen LogP contribution in [0, 0.1) is 0 Å². The van der Waals surface area contributed by atoms with E-state index in [4.69, 9.17) is 32.7 Å². The SMILES string of the molecule is CCOC(=O)C[C@H](NC(=O)c1ccc(Cl)cc1Cl)c1ccc(OC)cc1. The van der Waals surface area contributed by atoms with Crippen molar-refractivity contribution >= 4 is 35.1 Å². The maximum absolute atomic E-state index is 12.6. The number of hydrogen-bond acceptors (Lipinski definition) is 4. The van der Waals surface area contributed by atoms with Gasteiger partial charge in [0.05, 0.1) is 36.8 Å². The van der Waals surface area contributed by atoms with Gasteiger partial charge in [-0.2, -0.15) is 0 Å². The largest absolute Gasteiger partial charge is 0.497 e. The zero-order chi connectivity index (χ0) is 19.1. The van der Waals surface area contributed by atoms with E-state index >= 15 is 0 Å². The lowest BCUT2D eigenvalue weighted by Gasteiger charge is -2.19. The quantitative estimate of drug-likeness (QED) is 0.704. The number of benzene rings is 2. The van der Waals surface area contributed by atoms with Gasteiger partial charge in [-0.15, -0.1) is 0 Å². The molecule has 1 atom stereocenters. The van der Waals surface area contributed by atoms with Crippen molar-refractivity contribution in [3.05, 3.63) is 63.6 Å². The molecule has 0 radical (unpaired) electrons. The van der Waals surface area contributed by atoms with Gasteiger partial charge in [-0.25, -0.2) is 0 Å². The van der Waals surface area contributed by atoms with Gasteiger partial charge < -0.3 is 14.8 Å². The van der Waals surface area contributed by atoms with E-state index in [9.17, 15) is 9.59 Å². The summed E-state index contributed by atoms with van der Waals surface area (Å²) in [6.07, 6.45) is -0.00286. The topological polar surface area (TPSA) is 64.6 Å². The van der Waals surface area contributed by atoms with Gasteiger partial charge in [-0.1, -0.05) is 35.3 Å². The highest BCUT2D eigenvalue weighted by molar-refractivity contribution is 6.36. The highest BCUT2D eigenvalue weighted by atomic mass is 35.5. The summed E-state index contributed by atoms with van der Waals surface area (Å²) in [7, 11) is 1.56. The maximum Gasteiger partial charge on any atom is 0.308 e. The molecule has 2 rings (SSSR count). The molecule has 0 fully saturated rings. The Morgan fingerprint density at radius 1 is 1.12 bits per heavy atom. The number of esters is 1. The van der Waals surface area contributed by atoms with Gasteiger partial charge >= 0.3 is 5.97 Å². The summed E-state index contributed by atoms with van der Waals surface area (Å²) in [6, 6.07) is 11.1. The normalized spacial score (nSPS) is 11.5. The molecular formula is C19H19Cl2NO4. The molecule has 2 aromatic carbocycles. The third kappa shape index (κ3) is 5.38. The Hall–Kier alpha value is -2.24. The second-order valence-electron chi connectivity index (χ2n) is 5.43. The van der Waals surface area contributed by atoms with Gasteiger partial charge in [0.25, 0.3) is 5.91 Å². The fourth-order valence-electron chi connectivity index (χ4n) is 2.38. The van der Waals surface area contributed by atoms with Gasteiger partial charge in [-0.05, 0) is 42.8 Å². The third-order valence-corrected chi connectivity index (χ3v) is 4.22. The lowest BCUT2D eigenvalue weighted by Crippen LogP contribution is -2.30. The van der Waals surface area contributed by atoms with Crippen LogP contribution in [0.4, 0.5) is 0 Å². The highest BCUT2D eigenvalue weighted by Gasteiger charge is 2.21. The Morgan fingerprint density at radius 3 is 2.38 bits per heavy atom. The molecule has 1 N–H and O–H groups in total. The molecule has 7 heteroatoms. The maximum atomic E-state index is 12.6. The Bertz CT molecular complexity index is 778. The third-order valence-electron chi connectivity index (χ3n) is 3.68. The molecule has 0 heterocycles. The average molecular weight is 396 g/mol. The Kier molecular flexibility index (Phi) is 7.30. The lowest BCUT2D eigenvalue weighted by atomic mass is 10.0. The Balaban J connectivity index is 2.24. The van der Waals surface area contributed by atoms with Crippen LogP contribution in [0.15, 0.2) is 42.5 Å². The first-order chi connectivity index (χ1) is 12.4. The molecule has 1 amide bonds. The van der Waals surface area contributed by atoms with Crippen LogP contribution in [0.5, 0.6) is 5.75 Å². The van der Waals surface area contributed by atoms with Crippen LogP contribution in [0.2, 0.25) is 10.0 Å². The van der Waals surface area contributed by atoms with Crippen LogP contribution in [0.1, 0.15) is 35.3 Å². The fourth-order valence-corrected chi connectivity index (χ4v) is 2.88. The molecule has 26 heavy (non-hydrogen) atoms. The molecule has 0 saturated heterocycles. The zero-order valence-electron chi connectivity index (χ0n) is 14.4. The minimum atomic E-state index is -0.570. The molecule has 138 valence electrons. The van der Waals surface area contributed by atoms with Crippen molar-refractivity contribution in [3.8, 4) is 5.75 Å². The van der Waals surface area contributed by atoms with E-state index in [1.54, 1.807) is 44.4 Å². The first-order valence-corrected chi connectivity index (χ1v) is 8.75. The van der Waals surface area contributed by atoms with Crippen LogP contribution in [0.3, 0.4) is 0 Å². The summed E-state index contributed by atoms with van der Waals surface area (Å²) in [5.41, 5.74) is 1.02. The number of ether oxygens (including phenoxy) is 2. The predicted molar refractivity (Wildman–Crippen MR) is 101 cm³/mol. The van der Waals surface area contributed by atoms with Crippen molar-refractivity contribution in [2.24, 2.45) is 0 Å². The molecule has 0 bridgehead atoms. The van der Waals surface area contributed by atoms with Crippen molar-refractivity contribution in [3.63, 3.8) is 0 Å². The molecule has 0 aliphatic heterocycles. The van der Waals surface area contributed by atoms with Crippen molar-refractivity contribution in [1.82, 2.24) is 5.32 Å². The Labute approximate surface area is 162 Å². The Morgan fingerprint density at radius 2 is 1.81 bits per heavy atom. The second-order valence-corrected chi connectivity index (χ2v) is 6.28. The van der Waals surface area contributed by atoms with E-state index in [0.717, 1.165) is 5.56 Å². The molecule has 0 unspecified atom stereocenters. The van der Waals surface area contributed by atoms with E-state index in [1.165, 1.54) is 12.1 Å². The van der Waals surface area contributed by atoms with E-state index < -0.39 is 17.9 Å². The standard InChI is InChI=1S/C19H19Cl2NO4/c1-3-26-18(23)11-17(12-4-7-14(25-2)8-5-12)22-19(24)15-9-6-13(20)10-16(15)21/h4-10,17H,3,11H2,1-2H3,(H,22,24)/t17-/m0/s1. The molecule has 0 saturated carbocycles.